The van der Waals surface area contributed by atoms with Crippen LogP contribution in [0.5, 0.6) is 0 Å². The molecule has 0 spiro atoms. The molecule has 2 N–H and O–H groups in total. The van der Waals surface area contributed by atoms with Crippen LogP contribution in [0.4, 0.5) is 0 Å². The normalized spacial score (nSPS) is 40.6. The van der Waals surface area contributed by atoms with Gasteiger partial charge >= 0.3 is 0 Å². The summed E-state index contributed by atoms with van der Waals surface area (Å²) in [7, 11) is 0. The van der Waals surface area contributed by atoms with Gasteiger partial charge in [0.05, 0.1) is 12.7 Å². The molecule has 13 heavy (non-hydrogen) atoms. The third-order valence-electron chi connectivity index (χ3n) is 3.22. The predicted octanol–water partition coefficient (Wildman–Crippen LogP) is 0.794. The fraction of sp³-hybridized carbons (Fsp3) is 1.00. The minimum Gasteiger partial charge on any atom is -0.394 e. The fourth-order valence-corrected chi connectivity index (χ4v) is 2.14. The summed E-state index contributed by atoms with van der Waals surface area (Å²) in [6.07, 6.45) is 3.92. The summed E-state index contributed by atoms with van der Waals surface area (Å²) in [5.74, 6) is 0.620. The first-order chi connectivity index (χ1) is 6.35. The van der Waals surface area contributed by atoms with Gasteiger partial charge in [0.2, 0.25) is 0 Å². The number of hydrogen-bond acceptors (Lipinski definition) is 4. The third-order valence-corrected chi connectivity index (χ3v) is 3.22. The lowest BCUT2D eigenvalue weighted by atomic mass is 9.80. The van der Waals surface area contributed by atoms with E-state index in [-0.39, 0.29) is 24.9 Å². The van der Waals surface area contributed by atoms with Crippen molar-refractivity contribution in [3.05, 3.63) is 0 Å². The second-order valence-corrected chi connectivity index (χ2v) is 3.97. The molecule has 2 rings (SSSR count). The van der Waals surface area contributed by atoms with Crippen molar-refractivity contribution < 1.29 is 20.0 Å². The monoisotopic (exact) mass is 188 g/mol. The fourth-order valence-electron chi connectivity index (χ4n) is 2.14. The molecular formula is C9H16O4. The molecular weight excluding hydrogens is 172 g/mol. The second kappa shape index (κ2) is 3.92. The molecule has 1 aliphatic carbocycles. The van der Waals surface area contributed by atoms with Gasteiger partial charge < -0.3 is 9.84 Å². The van der Waals surface area contributed by atoms with E-state index in [4.69, 9.17) is 15.1 Å². The Balaban J connectivity index is 1.88. The van der Waals surface area contributed by atoms with Crippen LogP contribution in [0.1, 0.15) is 25.7 Å². The van der Waals surface area contributed by atoms with Crippen molar-refractivity contribution >= 4 is 0 Å². The highest BCUT2D eigenvalue weighted by Gasteiger charge is 2.41. The lowest BCUT2D eigenvalue weighted by molar-refractivity contribution is -0.288. The first-order valence-corrected chi connectivity index (χ1v) is 4.91. The molecule has 0 radical (unpaired) electrons. The van der Waals surface area contributed by atoms with Gasteiger partial charge in [0, 0.05) is 6.42 Å². The first kappa shape index (κ1) is 9.40. The standard InChI is InChI=1S/C9H16O4/c10-5-9-8(13-11)4-7(12-9)6-2-1-3-6/h6-11H,1-5H2/t7?,8-,9?/m1/s1. The Morgan fingerprint density at radius 3 is 2.54 bits per heavy atom. The minimum absolute atomic E-state index is 0.0750. The van der Waals surface area contributed by atoms with E-state index in [1.54, 1.807) is 0 Å². The lowest BCUT2D eigenvalue weighted by Gasteiger charge is -2.30. The Hall–Kier alpha value is -0.160. The highest BCUT2D eigenvalue weighted by Crippen LogP contribution is 2.38. The quantitative estimate of drug-likeness (QED) is 0.508. The molecule has 2 unspecified atom stereocenters. The van der Waals surface area contributed by atoms with E-state index in [1.807, 2.05) is 0 Å². The van der Waals surface area contributed by atoms with Crippen molar-refractivity contribution in [1.29, 1.82) is 0 Å². The molecule has 1 saturated carbocycles. The van der Waals surface area contributed by atoms with E-state index in [1.165, 1.54) is 19.3 Å². The molecule has 2 aliphatic rings. The Bertz CT molecular complexity index is 157. The SMILES string of the molecule is OCC1OC(C2CCC2)C[C@H]1OO. The number of ether oxygens (including phenoxy) is 1. The van der Waals surface area contributed by atoms with Crippen LogP contribution in [0.15, 0.2) is 0 Å². The predicted molar refractivity (Wildman–Crippen MR) is 45.2 cm³/mol. The smallest absolute Gasteiger partial charge is 0.123 e. The highest BCUT2D eigenvalue weighted by atomic mass is 17.1. The van der Waals surface area contributed by atoms with E-state index in [2.05, 4.69) is 4.89 Å². The van der Waals surface area contributed by atoms with E-state index >= 15 is 0 Å². The zero-order chi connectivity index (χ0) is 9.26. The lowest BCUT2D eigenvalue weighted by Crippen LogP contribution is -2.28. The van der Waals surface area contributed by atoms with Crippen LogP contribution in [0.3, 0.4) is 0 Å². The zero-order valence-electron chi connectivity index (χ0n) is 7.56. The van der Waals surface area contributed by atoms with Gasteiger partial charge in [-0.3, -0.25) is 5.26 Å². The molecule has 0 bridgehead atoms. The number of aliphatic hydroxyl groups excluding tert-OH is 1. The molecule has 0 aromatic rings. The van der Waals surface area contributed by atoms with Crippen LogP contribution in [0.2, 0.25) is 0 Å². The van der Waals surface area contributed by atoms with Crippen LogP contribution < -0.4 is 0 Å². The van der Waals surface area contributed by atoms with Crippen LogP contribution in [-0.2, 0) is 9.62 Å². The van der Waals surface area contributed by atoms with Crippen molar-refractivity contribution in [2.45, 2.75) is 44.0 Å². The van der Waals surface area contributed by atoms with Gasteiger partial charge in [-0.2, -0.15) is 0 Å². The van der Waals surface area contributed by atoms with Crippen LogP contribution in [-0.4, -0.2) is 35.3 Å². The molecule has 76 valence electrons. The first-order valence-electron chi connectivity index (χ1n) is 4.91. The second-order valence-electron chi connectivity index (χ2n) is 3.97. The van der Waals surface area contributed by atoms with Crippen molar-refractivity contribution in [3.63, 3.8) is 0 Å². The summed E-state index contributed by atoms with van der Waals surface area (Å²) in [5, 5.41) is 17.5. The summed E-state index contributed by atoms with van der Waals surface area (Å²) in [6, 6.07) is 0. The van der Waals surface area contributed by atoms with E-state index in [0.717, 1.165) is 0 Å². The maximum Gasteiger partial charge on any atom is 0.123 e. The highest BCUT2D eigenvalue weighted by molar-refractivity contribution is 4.89. The molecule has 0 aromatic heterocycles. The van der Waals surface area contributed by atoms with Crippen molar-refractivity contribution in [1.82, 2.24) is 0 Å². The van der Waals surface area contributed by atoms with Crippen molar-refractivity contribution in [2.24, 2.45) is 5.92 Å². The average Bonchev–Trinajstić information content (AvgIpc) is 2.44. The van der Waals surface area contributed by atoms with Crippen molar-refractivity contribution in [3.8, 4) is 0 Å². The van der Waals surface area contributed by atoms with Gasteiger partial charge in [-0.05, 0) is 18.8 Å². The van der Waals surface area contributed by atoms with Gasteiger partial charge in [0.15, 0.2) is 0 Å². The summed E-state index contributed by atoms with van der Waals surface area (Å²) < 4.78 is 5.58. The summed E-state index contributed by atoms with van der Waals surface area (Å²) in [5.41, 5.74) is 0. The summed E-state index contributed by atoms with van der Waals surface area (Å²) in [4.78, 5) is 4.28. The maximum atomic E-state index is 8.94. The molecule has 4 heteroatoms. The van der Waals surface area contributed by atoms with Crippen molar-refractivity contribution in [2.75, 3.05) is 6.61 Å². The minimum atomic E-state index is -0.337. The van der Waals surface area contributed by atoms with E-state index in [9.17, 15) is 0 Å². The van der Waals surface area contributed by atoms with E-state index in [0.29, 0.717) is 12.3 Å². The van der Waals surface area contributed by atoms with Crippen LogP contribution >= 0.6 is 0 Å². The maximum absolute atomic E-state index is 8.94. The Labute approximate surface area is 77.4 Å². The summed E-state index contributed by atoms with van der Waals surface area (Å²) >= 11 is 0. The van der Waals surface area contributed by atoms with Crippen LogP contribution in [0, 0.1) is 5.92 Å². The topological polar surface area (TPSA) is 58.9 Å². The summed E-state index contributed by atoms with van der Waals surface area (Å²) in [6.45, 7) is -0.0750. The number of rotatable bonds is 3. The van der Waals surface area contributed by atoms with Gasteiger partial charge in [-0.1, -0.05) is 6.42 Å². The average molecular weight is 188 g/mol. The van der Waals surface area contributed by atoms with Gasteiger partial charge in [-0.15, -0.1) is 0 Å². The molecule has 1 heterocycles. The Morgan fingerprint density at radius 2 is 2.15 bits per heavy atom. The van der Waals surface area contributed by atoms with E-state index < -0.39 is 0 Å². The molecule has 1 saturated heterocycles. The zero-order valence-corrected chi connectivity index (χ0v) is 7.56. The van der Waals surface area contributed by atoms with Gasteiger partial charge in [0.1, 0.15) is 12.2 Å². The Morgan fingerprint density at radius 1 is 1.38 bits per heavy atom. The number of aliphatic hydroxyl groups is 1. The van der Waals surface area contributed by atoms with Gasteiger partial charge in [0.25, 0.3) is 0 Å². The molecule has 1 aliphatic heterocycles. The molecule has 0 amide bonds. The third kappa shape index (κ3) is 1.72. The largest absolute Gasteiger partial charge is 0.394 e. The van der Waals surface area contributed by atoms with Crippen LogP contribution in [0.25, 0.3) is 0 Å². The number of hydrogen-bond donors (Lipinski definition) is 2. The van der Waals surface area contributed by atoms with Gasteiger partial charge in [-0.25, -0.2) is 4.89 Å². The molecule has 3 atom stereocenters. The Kier molecular flexibility index (Phi) is 2.83. The molecule has 0 aromatic carbocycles. The molecule has 4 nitrogen and oxygen atoms in total. The molecule has 2 fully saturated rings.